The Bertz CT molecular complexity index is 635. The summed E-state index contributed by atoms with van der Waals surface area (Å²) >= 11 is 11.7. The third kappa shape index (κ3) is 6.81. The van der Waals surface area contributed by atoms with Gasteiger partial charge < -0.3 is 5.32 Å². The number of benzene rings is 1. The Morgan fingerprint density at radius 1 is 1.39 bits per heavy atom. The molecular weight excluding hydrogens is 346 g/mol. The molecule has 0 spiro atoms. The van der Waals surface area contributed by atoms with Crippen molar-refractivity contribution in [1.29, 1.82) is 0 Å². The van der Waals surface area contributed by atoms with Crippen molar-refractivity contribution in [1.82, 2.24) is 10.4 Å². The Morgan fingerprint density at radius 2 is 2.09 bits per heavy atom. The summed E-state index contributed by atoms with van der Waals surface area (Å²) in [4.78, 5) is 22.6. The summed E-state index contributed by atoms with van der Waals surface area (Å²) in [7, 11) is 0. The van der Waals surface area contributed by atoms with Crippen molar-refractivity contribution in [2.45, 2.75) is 6.42 Å². The number of nitrogens with one attached hydrogen (secondary N) is 1. The molecule has 0 atom stereocenters. The van der Waals surface area contributed by atoms with Crippen molar-refractivity contribution in [3.63, 3.8) is 0 Å². The quantitative estimate of drug-likeness (QED) is 0.339. The van der Waals surface area contributed by atoms with Gasteiger partial charge in [-0.1, -0.05) is 35.8 Å². The smallest absolute Gasteiger partial charge is 0.279 e. The Morgan fingerprint density at radius 3 is 2.70 bits per heavy atom. The van der Waals surface area contributed by atoms with Gasteiger partial charge in [0.1, 0.15) is 0 Å². The lowest BCUT2D eigenvalue weighted by atomic mass is 10.2. The van der Waals surface area contributed by atoms with Crippen LogP contribution in [0.3, 0.4) is 0 Å². The van der Waals surface area contributed by atoms with Gasteiger partial charge in [-0.05, 0) is 30.2 Å². The summed E-state index contributed by atoms with van der Waals surface area (Å²) in [5.41, 5.74) is 0.575. The van der Waals surface area contributed by atoms with Gasteiger partial charge in [-0.3, -0.25) is 14.8 Å². The van der Waals surface area contributed by atoms with E-state index in [1.54, 1.807) is 12.1 Å². The maximum atomic E-state index is 12.4. The van der Waals surface area contributed by atoms with Crippen LogP contribution in [0.5, 0.6) is 0 Å². The van der Waals surface area contributed by atoms with E-state index in [2.05, 4.69) is 11.9 Å². The fourth-order valence-corrected chi connectivity index (χ4v) is 1.99. The molecule has 0 aromatic heterocycles. The first-order chi connectivity index (χ1) is 10.8. The summed E-state index contributed by atoms with van der Waals surface area (Å²) in [6, 6.07) is 4.79. The summed E-state index contributed by atoms with van der Waals surface area (Å²) in [5, 5.41) is 13.1. The molecule has 0 radical (unpaired) electrons. The number of hydrogen-bond donors (Lipinski definition) is 2. The molecule has 23 heavy (non-hydrogen) atoms. The molecule has 0 fully saturated rings. The van der Waals surface area contributed by atoms with E-state index in [1.165, 1.54) is 12.1 Å². The summed E-state index contributed by atoms with van der Waals surface area (Å²) in [6.07, 6.45) is 2.84. The predicted molar refractivity (Wildman–Crippen MR) is 86.9 cm³/mol. The van der Waals surface area contributed by atoms with Gasteiger partial charge in [0.05, 0.1) is 6.54 Å². The summed E-state index contributed by atoms with van der Waals surface area (Å²) < 4.78 is 12.4. The van der Waals surface area contributed by atoms with E-state index < -0.39 is 17.6 Å². The van der Waals surface area contributed by atoms with Gasteiger partial charge in [-0.2, -0.15) is 0 Å². The molecule has 0 saturated carbocycles. The van der Waals surface area contributed by atoms with Crippen molar-refractivity contribution in [3.8, 4) is 0 Å². The molecule has 0 aliphatic rings. The Hall–Kier alpha value is -1.89. The second kappa shape index (κ2) is 9.29. The summed E-state index contributed by atoms with van der Waals surface area (Å²) in [5.74, 6) is -2.67. The van der Waals surface area contributed by atoms with Gasteiger partial charge in [0.15, 0.2) is 5.83 Å². The topological polar surface area (TPSA) is 69.6 Å². The van der Waals surface area contributed by atoms with Gasteiger partial charge in [0.2, 0.25) is 0 Å². The molecule has 2 amide bonds. The molecular formula is C15H15Cl2FN2O3. The van der Waals surface area contributed by atoms with Crippen LogP contribution in [0.25, 0.3) is 6.08 Å². The Balaban J connectivity index is 2.43. The number of carbonyl (C=O) groups excluding carboxylic acids is 2. The van der Waals surface area contributed by atoms with E-state index in [0.29, 0.717) is 20.7 Å². The highest BCUT2D eigenvalue weighted by molar-refractivity contribution is 6.35. The Labute approximate surface area is 142 Å². The molecule has 1 rings (SSSR count). The first-order valence-corrected chi connectivity index (χ1v) is 7.33. The van der Waals surface area contributed by atoms with E-state index in [9.17, 15) is 19.2 Å². The SMILES string of the molecule is C=C(F)C(=O)NCCCN(O)C(=O)/C=C/c1ccc(Cl)cc1Cl. The number of amides is 2. The molecule has 5 nitrogen and oxygen atoms in total. The molecule has 2 N–H and O–H groups in total. The van der Waals surface area contributed by atoms with Crippen LogP contribution in [0.1, 0.15) is 12.0 Å². The van der Waals surface area contributed by atoms with Crippen molar-refractivity contribution in [2.75, 3.05) is 13.1 Å². The van der Waals surface area contributed by atoms with Crippen LogP contribution in [0.2, 0.25) is 10.0 Å². The highest BCUT2D eigenvalue weighted by Gasteiger charge is 2.08. The molecule has 124 valence electrons. The molecule has 0 aliphatic carbocycles. The number of rotatable bonds is 7. The number of hydrogen-bond acceptors (Lipinski definition) is 3. The van der Waals surface area contributed by atoms with E-state index >= 15 is 0 Å². The van der Waals surface area contributed by atoms with E-state index in [1.807, 2.05) is 0 Å². The largest absolute Gasteiger partial charge is 0.350 e. The number of nitrogens with zero attached hydrogens (tertiary/aromatic N) is 1. The van der Waals surface area contributed by atoms with Crippen LogP contribution in [-0.2, 0) is 9.59 Å². The first kappa shape index (κ1) is 19.2. The molecule has 0 aliphatic heterocycles. The van der Waals surface area contributed by atoms with Crippen LogP contribution in [0, 0.1) is 0 Å². The molecule has 1 aromatic rings. The van der Waals surface area contributed by atoms with Crippen LogP contribution >= 0.6 is 23.2 Å². The minimum Gasteiger partial charge on any atom is -0.350 e. The normalized spacial score (nSPS) is 10.6. The van der Waals surface area contributed by atoms with E-state index in [-0.39, 0.29) is 19.5 Å². The zero-order valence-corrected chi connectivity index (χ0v) is 13.6. The second-order valence-electron chi connectivity index (χ2n) is 4.47. The first-order valence-electron chi connectivity index (χ1n) is 6.57. The monoisotopic (exact) mass is 360 g/mol. The standard InChI is InChI=1S/C15H15Cl2FN2O3/c1-10(18)15(22)19-7-2-8-20(23)14(21)6-4-11-3-5-12(16)9-13(11)17/h3-6,9,23H,1-2,7-8H2,(H,19,22)/b6-4+. The van der Waals surface area contributed by atoms with E-state index in [4.69, 9.17) is 23.2 Å². The zero-order chi connectivity index (χ0) is 17.4. The molecule has 0 heterocycles. The maximum Gasteiger partial charge on any atom is 0.279 e. The van der Waals surface area contributed by atoms with Crippen LogP contribution in [0.4, 0.5) is 4.39 Å². The van der Waals surface area contributed by atoms with Crippen molar-refractivity contribution in [2.24, 2.45) is 0 Å². The third-order valence-corrected chi connectivity index (χ3v) is 3.26. The predicted octanol–water partition coefficient (Wildman–Crippen LogP) is 3.21. The fraction of sp³-hybridized carbons (Fsp3) is 0.200. The molecule has 8 heteroatoms. The minimum atomic E-state index is -1.09. The highest BCUT2D eigenvalue weighted by atomic mass is 35.5. The number of carbonyl (C=O) groups is 2. The lowest BCUT2D eigenvalue weighted by Crippen LogP contribution is -2.31. The van der Waals surface area contributed by atoms with Crippen molar-refractivity contribution >= 4 is 41.1 Å². The zero-order valence-electron chi connectivity index (χ0n) is 12.1. The second-order valence-corrected chi connectivity index (χ2v) is 5.32. The van der Waals surface area contributed by atoms with Gasteiger partial charge in [-0.15, -0.1) is 0 Å². The molecule has 1 aromatic carbocycles. The third-order valence-electron chi connectivity index (χ3n) is 2.70. The fourth-order valence-electron chi connectivity index (χ4n) is 1.52. The van der Waals surface area contributed by atoms with Gasteiger partial charge in [0.25, 0.3) is 11.8 Å². The lowest BCUT2D eigenvalue weighted by Gasteiger charge is -2.12. The average molecular weight is 361 g/mol. The van der Waals surface area contributed by atoms with Crippen LogP contribution in [-0.4, -0.2) is 35.2 Å². The van der Waals surface area contributed by atoms with Gasteiger partial charge >= 0.3 is 0 Å². The van der Waals surface area contributed by atoms with E-state index in [0.717, 1.165) is 6.08 Å². The Kier molecular flexibility index (Phi) is 7.74. The minimum absolute atomic E-state index is 0.0312. The molecule has 0 unspecified atom stereocenters. The van der Waals surface area contributed by atoms with Crippen molar-refractivity contribution < 1.29 is 19.2 Å². The average Bonchev–Trinajstić information content (AvgIpc) is 2.49. The summed E-state index contributed by atoms with van der Waals surface area (Å²) in [6.45, 7) is 2.91. The molecule has 0 saturated heterocycles. The van der Waals surface area contributed by atoms with Crippen LogP contribution in [0.15, 0.2) is 36.7 Å². The lowest BCUT2D eigenvalue weighted by molar-refractivity contribution is -0.159. The maximum absolute atomic E-state index is 12.4. The van der Waals surface area contributed by atoms with Gasteiger partial charge in [0, 0.05) is 22.7 Å². The van der Waals surface area contributed by atoms with Gasteiger partial charge in [-0.25, -0.2) is 9.45 Å². The van der Waals surface area contributed by atoms with Crippen LogP contribution < -0.4 is 5.32 Å². The number of hydroxylamine groups is 2. The molecule has 0 bridgehead atoms. The van der Waals surface area contributed by atoms with Crippen molar-refractivity contribution in [3.05, 3.63) is 52.3 Å². The number of halogens is 3. The highest BCUT2D eigenvalue weighted by Crippen LogP contribution is 2.21.